The highest BCUT2D eigenvalue weighted by molar-refractivity contribution is 9.11. The summed E-state index contributed by atoms with van der Waals surface area (Å²) >= 11 is 5.03. The molecular weight excluding hydrogens is 272 g/mol. The summed E-state index contributed by atoms with van der Waals surface area (Å²) in [6.45, 7) is 8.85. The highest BCUT2D eigenvalue weighted by Gasteiger charge is 2.23. The molecule has 0 amide bonds. The molecule has 0 aliphatic heterocycles. The fourth-order valence-electron chi connectivity index (χ4n) is 1.31. The van der Waals surface area contributed by atoms with Crippen molar-refractivity contribution in [3.05, 3.63) is 20.8 Å². The molecule has 0 spiro atoms. The van der Waals surface area contributed by atoms with Crippen molar-refractivity contribution >= 4 is 27.3 Å². The average Bonchev–Trinajstić information content (AvgIpc) is 2.50. The van der Waals surface area contributed by atoms with Crippen molar-refractivity contribution in [2.75, 3.05) is 0 Å². The largest absolute Gasteiger partial charge is 0.388 e. The van der Waals surface area contributed by atoms with Crippen LogP contribution in [0.3, 0.4) is 0 Å². The van der Waals surface area contributed by atoms with Crippen LogP contribution in [0, 0.1) is 11.3 Å². The van der Waals surface area contributed by atoms with Gasteiger partial charge in [0.15, 0.2) is 0 Å². The van der Waals surface area contributed by atoms with Crippen LogP contribution in [0.4, 0.5) is 0 Å². The minimum absolute atomic E-state index is 0.259. The topological polar surface area (TPSA) is 20.2 Å². The number of aliphatic hydroxyl groups excluding tert-OH is 1. The normalized spacial score (nSPS) is 16.4. The smallest absolute Gasteiger partial charge is 0.0885 e. The number of thiophene rings is 1. The summed E-state index contributed by atoms with van der Waals surface area (Å²) in [5, 5.41) is 10.1. The first-order valence-electron chi connectivity index (χ1n) is 5.24. The molecule has 1 aromatic rings. The first-order valence-corrected chi connectivity index (χ1v) is 6.85. The third-order valence-electron chi connectivity index (χ3n) is 2.98. The molecular formula is C12H19BrOS. The lowest BCUT2D eigenvalue weighted by Gasteiger charge is -2.28. The zero-order valence-corrected chi connectivity index (χ0v) is 12.2. The minimum atomic E-state index is -0.324. The summed E-state index contributed by atoms with van der Waals surface area (Å²) in [6, 6.07) is 3.99. The van der Waals surface area contributed by atoms with Gasteiger partial charge in [-0.15, -0.1) is 11.3 Å². The van der Waals surface area contributed by atoms with E-state index in [0.29, 0.717) is 5.92 Å². The Morgan fingerprint density at radius 1 is 1.40 bits per heavy atom. The highest BCUT2D eigenvalue weighted by atomic mass is 79.9. The first-order chi connectivity index (χ1) is 6.80. The quantitative estimate of drug-likeness (QED) is 0.861. The molecule has 2 unspecified atom stereocenters. The molecule has 0 fully saturated rings. The van der Waals surface area contributed by atoms with E-state index in [1.54, 1.807) is 11.3 Å². The van der Waals surface area contributed by atoms with Crippen LogP contribution in [-0.2, 0) is 0 Å². The van der Waals surface area contributed by atoms with Crippen molar-refractivity contribution in [2.24, 2.45) is 11.3 Å². The van der Waals surface area contributed by atoms with E-state index in [1.807, 2.05) is 12.1 Å². The maximum atomic E-state index is 10.1. The lowest BCUT2D eigenvalue weighted by Crippen LogP contribution is -2.19. The predicted octanol–water partition coefficient (Wildman–Crippen LogP) is 4.62. The van der Waals surface area contributed by atoms with Gasteiger partial charge in [-0.2, -0.15) is 0 Å². The van der Waals surface area contributed by atoms with Gasteiger partial charge in [0, 0.05) is 4.88 Å². The van der Waals surface area contributed by atoms with Crippen LogP contribution in [0.15, 0.2) is 15.9 Å². The number of rotatable bonds is 3. The summed E-state index contributed by atoms with van der Waals surface area (Å²) in [7, 11) is 0. The molecule has 1 N–H and O–H groups in total. The Hall–Kier alpha value is 0.140. The van der Waals surface area contributed by atoms with E-state index in [9.17, 15) is 5.11 Å². The molecule has 15 heavy (non-hydrogen) atoms. The highest BCUT2D eigenvalue weighted by Crippen LogP contribution is 2.36. The molecule has 3 heteroatoms. The van der Waals surface area contributed by atoms with Gasteiger partial charge in [-0.1, -0.05) is 27.7 Å². The fourth-order valence-corrected chi connectivity index (χ4v) is 2.73. The molecule has 0 aliphatic carbocycles. The van der Waals surface area contributed by atoms with Crippen LogP contribution in [0.1, 0.15) is 45.1 Å². The van der Waals surface area contributed by atoms with E-state index in [1.165, 1.54) is 0 Å². The van der Waals surface area contributed by atoms with Gasteiger partial charge < -0.3 is 5.11 Å². The predicted molar refractivity (Wildman–Crippen MR) is 70.2 cm³/mol. The van der Waals surface area contributed by atoms with Gasteiger partial charge in [-0.25, -0.2) is 0 Å². The lowest BCUT2D eigenvalue weighted by molar-refractivity contribution is 0.113. The molecule has 1 nitrogen and oxygen atoms in total. The molecule has 86 valence electrons. The van der Waals surface area contributed by atoms with Gasteiger partial charge in [0.25, 0.3) is 0 Å². The molecule has 0 saturated carbocycles. The van der Waals surface area contributed by atoms with Gasteiger partial charge in [0.2, 0.25) is 0 Å². The zero-order chi connectivity index (χ0) is 11.6. The average molecular weight is 291 g/mol. The molecule has 0 radical (unpaired) electrons. The Balaban J connectivity index is 2.60. The SMILES string of the molecule is CC(CC(O)c1ccc(Br)s1)C(C)(C)C. The Kier molecular flexibility index (Phi) is 4.38. The van der Waals surface area contributed by atoms with Crippen molar-refractivity contribution in [2.45, 2.75) is 40.2 Å². The van der Waals surface area contributed by atoms with Gasteiger partial charge in [0.1, 0.15) is 0 Å². The minimum Gasteiger partial charge on any atom is -0.388 e. The van der Waals surface area contributed by atoms with Gasteiger partial charge >= 0.3 is 0 Å². The van der Waals surface area contributed by atoms with Crippen molar-refractivity contribution in [3.8, 4) is 0 Å². The van der Waals surface area contributed by atoms with Crippen LogP contribution in [0.25, 0.3) is 0 Å². The van der Waals surface area contributed by atoms with Crippen LogP contribution < -0.4 is 0 Å². The van der Waals surface area contributed by atoms with Crippen molar-refractivity contribution in [1.29, 1.82) is 0 Å². The van der Waals surface area contributed by atoms with E-state index in [0.717, 1.165) is 15.1 Å². The summed E-state index contributed by atoms with van der Waals surface area (Å²) < 4.78 is 1.08. The summed E-state index contributed by atoms with van der Waals surface area (Å²) in [6.07, 6.45) is 0.506. The fraction of sp³-hybridized carbons (Fsp3) is 0.667. The van der Waals surface area contributed by atoms with Gasteiger partial charge in [-0.3, -0.25) is 0 Å². The second-order valence-electron chi connectivity index (χ2n) is 5.16. The van der Waals surface area contributed by atoms with E-state index in [-0.39, 0.29) is 11.5 Å². The zero-order valence-electron chi connectivity index (χ0n) is 9.75. The molecule has 2 atom stereocenters. The van der Waals surface area contributed by atoms with E-state index >= 15 is 0 Å². The maximum absolute atomic E-state index is 10.1. The Morgan fingerprint density at radius 2 is 2.00 bits per heavy atom. The van der Waals surface area contributed by atoms with E-state index in [2.05, 4.69) is 43.6 Å². The van der Waals surface area contributed by atoms with Crippen LogP contribution in [-0.4, -0.2) is 5.11 Å². The summed E-state index contributed by atoms with van der Waals surface area (Å²) in [4.78, 5) is 1.05. The number of aliphatic hydroxyl groups is 1. The Labute approximate surface area is 105 Å². The van der Waals surface area contributed by atoms with Crippen molar-refractivity contribution in [1.82, 2.24) is 0 Å². The van der Waals surface area contributed by atoms with Crippen LogP contribution in [0.5, 0.6) is 0 Å². The Bertz CT molecular complexity index is 314. The molecule has 0 saturated heterocycles. The van der Waals surface area contributed by atoms with Crippen molar-refractivity contribution < 1.29 is 5.11 Å². The third kappa shape index (κ3) is 3.89. The molecule has 1 aromatic heterocycles. The van der Waals surface area contributed by atoms with Crippen LogP contribution >= 0.6 is 27.3 Å². The maximum Gasteiger partial charge on any atom is 0.0885 e. The van der Waals surface area contributed by atoms with E-state index in [4.69, 9.17) is 0 Å². The molecule has 0 aromatic carbocycles. The van der Waals surface area contributed by atoms with Crippen molar-refractivity contribution in [3.63, 3.8) is 0 Å². The number of hydrogen-bond donors (Lipinski definition) is 1. The summed E-state index contributed by atoms with van der Waals surface area (Å²) in [5.74, 6) is 0.508. The number of hydrogen-bond acceptors (Lipinski definition) is 2. The van der Waals surface area contributed by atoms with Crippen LogP contribution in [0.2, 0.25) is 0 Å². The monoisotopic (exact) mass is 290 g/mol. The van der Waals surface area contributed by atoms with Gasteiger partial charge in [0.05, 0.1) is 9.89 Å². The third-order valence-corrected chi connectivity index (χ3v) is 4.70. The second kappa shape index (κ2) is 4.98. The molecule has 1 rings (SSSR count). The summed E-state index contributed by atoms with van der Waals surface area (Å²) in [5.41, 5.74) is 0.259. The molecule has 1 heterocycles. The van der Waals surface area contributed by atoms with E-state index < -0.39 is 0 Å². The Morgan fingerprint density at radius 3 is 2.40 bits per heavy atom. The molecule has 0 bridgehead atoms. The lowest BCUT2D eigenvalue weighted by atomic mass is 9.79. The standard InChI is InChI=1S/C12H19BrOS/c1-8(12(2,3)4)7-9(14)10-5-6-11(13)15-10/h5-6,8-9,14H,7H2,1-4H3. The second-order valence-corrected chi connectivity index (χ2v) is 7.66. The first kappa shape index (κ1) is 13.2. The molecule has 0 aliphatic rings. The van der Waals surface area contributed by atoms with Gasteiger partial charge in [-0.05, 0) is 45.8 Å². The number of halogens is 1.